The Morgan fingerprint density at radius 3 is 1.82 bits per heavy atom. The first-order valence-corrected chi connectivity index (χ1v) is 39.7. The number of aliphatic hydroxyl groups is 7. The zero-order valence-electron chi connectivity index (χ0n) is 63.4. The molecule has 4 heterocycles. The van der Waals surface area contributed by atoms with E-state index in [9.17, 15) is 78.8 Å². The maximum absolute atomic E-state index is 13.6. The van der Waals surface area contributed by atoms with E-state index >= 15 is 0 Å². The number of aliphatic hydroxyl groups excluding tert-OH is 7. The summed E-state index contributed by atoms with van der Waals surface area (Å²) >= 11 is 0. The lowest BCUT2D eigenvalue weighted by Crippen LogP contribution is -2.55. The number of rotatable bonds is 49. The number of amides is 6. The second kappa shape index (κ2) is 47.6. The molecule has 36 heteroatoms. The van der Waals surface area contributed by atoms with E-state index in [1.165, 1.54) is 9.58 Å². The number of likely N-dealkylation sites (tertiary alicyclic amines) is 1. The van der Waals surface area contributed by atoms with Gasteiger partial charge >= 0.3 is 0 Å². The molecule has 6 amide bonds. The monoisotopic (exact) mass is 1590 g/mol. The molecule has 34 nitrogen and oxygen atoms in total. The molecule has 1 aliphatic carbocycles. The zero-order chi connectivity index (χ0) is 79.0. The molecule has 2 aliphatic heterocycles. The molecule has 3 fully saturated rings. The summed E-state index contributed by atoms with van der Waals surface area (Å²) in [5.74, 6) is -3.05. The number of ketones is 1. The molecule has 13 unspecified atom stereocenters. The van der Waals surface area contributed by atoms with E-state index in [0.29, 0.717) is 107 Å². The lowest BCUT2D eigenvalue weighted by atomic mass is 9.76. The fourth-order valence-electron chi connectivity index (χ4n) is 13.5. The molecule has 7 rings (SSSR count). The van der Waals surface area contributed by atoms with Gasteiger partial charge in [0.1, 0.15) is 41.2 Å². The lowest BCUT2D eigenvalue weighted by Gasteiger charge is -2.41. The van der Waals surface area contributed by atoms with Crippen molar-refractivity contribution in [1.29, 1.82) is 0 Å². The van der Waals surface area contributed by atoms with Crippen LogP contribution in [0.1, 0.15) is 161 Å². The first kappa shape index (κ1) is 91.9. The number of phosphoric ester groups is 1. The molecular weight excluding hydrogens is 1470 g/mol. The highest BCUT2D eigenvalue weighted by atomic mass is 32.1. The Hall–Kier alpha value is -6.93. The molecule has 2 aromatic heterocycles. The number of phosphoric acid groups is 1. The lowest BCUT2D eigenvalue weighted by molar-refractivity contribution is -0.283. The summed E-state index contributed by atoms with van der Waals surface area (Å²) in [6.45, 7) is 5.20. The van der Waals surface area contributed by atoms with Gasteiger partial charge in [0.2, 0.25) is 35.4 Å². The molecular formula is C74H116N12O22PS-. The SMILES string of the molecule is COc1cccc(-c2cn(CC3CC(OCC(O)CNC(=O)CCCCCNC(=O)CC[C@H](NC(=O)CCCCC(=O)CCCCCCC(=O)N4C[C@H](O)C[C@H]4COP(=O)([O-])O)C(=O)NCCCCCC(=O)NCC(O)COC4OC(Cn5cc(-c6cccc(C)c6)nn5)C(O)C(O)C4C)C(C)C(O)C3O)nn2)c1.S. The molecule has 616 valence electrons. The van der Waals surface area contributed by atoms with Gasteiger partial charge < -0.3 is 100 Å². The van der Waals surface area contributed by atoms with Crippen molar-refractivity contribution in [2.75, 3.05) is 59.7 Å². The van der Waals surface area contributed by atoms with E-state index in [4.69, 9.17) is 23.8 Å². The van der Waals surface area contributed by atoms with Crippen molar-refractivity contribution in [3.8, 4) is 28.3 Å². The number of nitrogens with one attached hydrogen (secondary N) is 5. The Morgan fingerprint density at radius 1 is 0.636 bits per heavy atom. The summed E-state index contributed by atoms with van der Waals surface area (Å²) in [5, 5.41) is 106. The molecule has 1 saturated carbocycles. The first-order chi connectivity index (χ1) is 52.1. The van der Waals surface area contributed by atoms with Crippen LogP contribution in [0.15, 0.2) is 60.9 Å². The van der Waals surface area contributed by atoms with Crippen molar-refractivity contribution in [1.82, 2.24) is 61.5 Å². The molecule has 3 aliphatic rings. The number of Topliss-reactive ketones (excluding diaryl/α,β-unsaturated/α-hetero) is 1. The summed E-state index contributed by atoms with van der Waals surface area (Å²) < 4.78 is 41.9. The first-order valence-electron chi connectivity index (χ1n) is 38.2. The van der Waals surface area contributed by atoms with E-state index in [-0.39, 0.29) is 153 Å². The molecule has 0 bridgehead atoms. The highest BCUT2D eigenvalue weighted by Gasteiger charge is 2.45. The van der Waals surface area contributed by atoms with E-state index in [0.717, 1.165) is 16.7 Å². The van der Waals surface area contributed by atoms with Crippen molar-refractivity contribution in [2.45, 2.75) is 248 Å². The molecule has 0 spiro atoms. The number of carbonyl (C=O) groups is 7. The predicted octanol–water partition coefficient (Wildman–Crippen LogP) is 1.68. The molecule has 4 aromatic rings. The van der Waals surface area contributed by atoms with Crippen LogP contribution in [0, 0.1) is 24.7 Å². The third-order valence-corrected chi connectivity index (χ3v) is 20.5. The van der Waals surface area contributed by atoms with Crippen LogP contribution in [0.25, 0.3) is 22.5 Å². The van der Waals surface area contributed by atoms with Gasteiger partial charge in [-0.1, -0.05) is 85.9 Å². The van der Waals surface area contributed by atoms with E-state index < -0.39 is 117 Å². The number of carbonyl (C=O) groups excluding carboxylic acids is 7. The molecule has 16 atom stereocenters. The maximum Gasteiger partial charge on any atom is 0.265 e. The fourth-order valence-corrected chi connectivity index (χ4v) is 13.9. The summed E-state index contributed by atoms with van der Waals surface area (Å²) in [5.41, 5.74) is 3.97. The molecule has 0 radical (unpaired) electrons. The summed E-state index contributed by atoms with van der Waals surface area (Å²) in [7, 11) is -3.42. The Balaban J connectivity index is 0.0000189. The van der Waals surface area contributed by atoms with Crippen LogP contribution in [0.5, 0.6) is 5.75 Å². The number of aryl methyl sites for hydroxylation is 1. The maximum atomic E-state index is 13.6. The standard InChI is InChI=1S/C74H115N12O22P.H2S/c1-47-19-17-20-50(33-47)60-42-85(83-80-60)43-63-72(99)70(97)49(3)74(108-63)106-46-57(90)38-78-65(92)26-11-8-16-32-76-73(100)59(79-67(94)27-14-13-23-54(87)22-9-5-6-12-28-68(95)86-40-55(88)36-53(86)44-107-109(101,102)103)29-30-66(93)75-31-15-7-10-25-64(91)77-37-56(89)45-105-62-35-52(71(98)69(96)48(62)2)39-84-41-61(81-82-84)51-21-18-24-58(34-51)104-4;/h17-21,24,33-34,41-42,48-49,52-53,55-57,59,62-63,69-72,74,88-90,96-99H,5-16,22-23,25-32,35-40,43-46H2,1-4H3,(H,75,93)(H,76,100)(H,77,91)(H,78,92)(H,79,94)(H2,101,102,103);1H2/p-1/t48?,49?,52?,53-,55+,56?,57?,59-,62?,63?,69?,70?,71?,72?,74?;/m0./s1. The smallest absolute Gasteiger partial charge is 0.265 e. The topological polar surface area (TPSA) is 492 Å². The summed E-state index contributed by atoms with van der Waals surface area (Å²) in [6, 6.07) is 13.4. The number of aromatic nitrogens is 6. The highest BCUT2D eigenvalue weighted by Crippen LogP contribution is 2.35. The number of β-amino-alcohol motifs (C(OH)–C–C–N with tert-alkyl or cyclic N) is 1. The number of methoxy groups -OCH3 is 1. The number of nitrogens with zero attached hydrogens (tertiary/aromatic N) is 7. The van der Waals surface area contributed by atoms with Crippen LogP contribution < -0.4 is 36.2 Å². The van der Waals surface area contributed by atoms with Crippen LogP contribution in [0.2, 0.25) is 0 Å². The van der Waals surface area contributed by atoms with Gasteiger partial charge in [0.25, 0.3) is 7.82 Å². The number of ether oxygens (including phenoxy) is 4. The highest BCUT2D eigenvalue weighted by molar-refractivity contribution is 7.59. The molecule has 2 aromatic carbocycles. The van der Waals surface area contributed by atoms with E-state index in [1.807, 2.05) is 55.5 Å². The minimum atomic E-state index is -4.99. The molecule has 110 heavy (non-hydrogen) atoms. The second-order valence-electron chi connectivity index (χ2n) is 29.0. The van der Waals surface area contributed by atoms with E-state index in [2.05, 4.69) is 51.7 Å². The van der Waals surface area contributed by atoms with Gasteiger partial charge in [-0.15, -0.1) is 10.2 Å². The van der Waals surface area contributed by atoms with Gasteiger partial charge in [0.15, 0.2) is 6.29 Å². The zero-order valence-corrected chi connectivity index (χ0v) is 65.3. The van der Waals surface area contributed by atoms with Crippen molar-refractivity contribution < 1.29 is 107 Å². The van der Waals surface area contributed by atoms with Crippen molar-refractivity contribution in [2.24, 2.45) is 17.8 Å². The second-order valence-corrected chi connectivity index (χ2v) is 30.2. The third kappa shape index (κ3) is 31.9. The Kier molecular flexibility index (Phi) is 39.7. The minimum absolute atomic E-state index is 0. The van der Waals surface area contributed by atoms with Crippen LogP contribution in [0.4, 0.5) is 0 Å². The van der Waals surface area contributed by atoms with Crippen LogP contribution in [-0.2, 0) is 70.0 Å². The summed E-state index contributed by atoms with van der Waals surface area (Å²) in [6.07, 6.45) is 1.10. The predicted molar refractivity (Wildman–Crippen MR) is 403 cm³/mol. The van der Waals surface area contributed by atoms with Gasteiger partial charge in [0, 0.05) is 113 Å². The quantitative estimate of drug-likeness (QED) is 0.0221. The van der Waals surface area contributed by atoms with Crippen molar-refractivity contribution in [3.63, 3.8) is 0 Å². The number of hydrogen-bond acceptors (Lipinski definition) is 25. The summed E-state index contributed by atoms with van der Waals surface area (Å²) in [4.78, 5) is 112. The Bertz CT molecular complexity index is 3540. The molecule has 13 N–H and O–H groups in total. The van der Waals surface area contributed by atoms with Gasteiger partial charge in [-0.05, 0) is 95.8 Å². The van der Waals surface area contributed by atoms with Gasteiger partial charge in [-0.2, -0.15) is 13.5 Å². The average Bonchev–Trinajstić information content (AvgIpc) is 1.26. The average molecular weight is 1590 g/mol. The normalized spacial score (nSPS) is 23.2. The molecule has 2 saturated heterocycles. The van der Waals surface area contributed by atoms with Crippen LogP contribution >= 0.6 is 21.3 Å². The van der Waals surface area contributed by atoms with Gasteiger partial charge in [-0.3, -0.25) is 42.8 Å². The van der Waals surface area contributed by atoms with Crippen molar-refractivity contribution in [3.05, 3.63) is 66.5 Å². The van der Waals surface area contributed by atoms with E-state index in [1.54, 1.807) is 38.0 Å². The van der Waals surface area contributed by atoms with Crippen LogP contribution in [-0.4, -0.2) is 250 Å². The number of hydrogen-bond donors (Lipinski definition) is 13. The number of benzene rings is 2. The van der Waals surface area contributed by atoms with Crippen molar-refractivity contribution >= 4 is 62.5 Å². The Labute approximate surface area is 648 Å². The van der Waals surface area contributed by atoms with Gasteiger partial charge in [0.05, 0.1) is 94.6 Å². The van der Waals surface area contributed by atoms with Crippen LogP contribution in [0.3, 0.4) is 0 Å². The van der Waals surface area contributed by atoms with Gasteiger partial charge in [-0.25, -0.2) is 4.68 Å². The Morgan fingerprint density at radius 2 is 1.18 bits per heavy atom. The largest absolute Gasteiger partial charge is 0.756 e. The fraction of sp³-hybridized carbons (Fsp3) is 0.689. The minimum Gasteiger partial charge on any atom is -0.756 e. The third-order valence-electron chi connectivity index (χ3n) is 20.0. The number of unbranched alkanes of at least 4 members (excludes halogenated alkanes) is 8.